The molecule has 0 bridgehead atoms. The van der Waals surface area contributed by atoms with Crippen molar-refractivity contribution in [3.8, 4) is 29.1 Å². The lowest BCUT2D eigenvalue weighted by atomic mass is 9.64. The van der Waals surface area contributed by atoms with Crippen molar-refractivity contribution >= 4 is 29.6 Å². The lowest BCUT2D eigenvalue weighted by molar-refractivity contribution is -0.179. The number of esters is 1. The fraction of sp³-hybridized carbons (Fsp3) is 0.345. The number of hydrogen-bond acceptors (Lipinski definition) is 12. The summed E-state index contributed by atoms with van der Waals surface area (Å²) in [6.45, 7) is 0.125. The van der Waals surface area contributed by atoms with Gasteiger partial charge >= 0.3 is 12.1 Å². The van der Waals surface area contributed by atoms with E-state index in [0.717, 1.165) is 52.8 Å². The van der Waals surface area contributed by atoms with E-state index in [9.17, 15) is 9.90 Å². The number of carbonyl (C=O) groups excluding carboxylic acids is 4. The van der Waals surface area contributed by atoms with E-state index in [1.807, 2.05) is 95.9 Å². The zero-order valence-corrected chi connectivity index (χ0v) is 40.6. The number of nitrogens with zero attached hydrogens (tertiary/aromatic N) is 3. The fourth-order valence-electron chi connectivity index (χ4n) is 11.5. The predicted octanol–water partition coefficient (Wildman–Crippen LogP) is 7.96. The van der Waals surface area contributed by atoms with Crippen LogP contribution in [-0.2, 0) is 47.0 Å². The number of ether oxygens (including phenoxy) is 6. The van der Waals surface area contributed by atoms with Crippen molar-refractivity contribution in [2.24, 2.45) is 5.92 Å². The van der Waals surface area contributed by atoms with Crippen molar-refractivity contribution in [3.63, 3.8) is 0 Å². The molecule has 1 N–H and O–H groups in total. The molecule has 2 fully saturated rings. The summed E-state index contributed by atoms with van der Waals surface area (Å²) >= 11 is 0. The molecule has 10 rings (SSSR count). The topological polar surface area (TPSA) is 154 Å². The van der Waals surface area contributed by atoms with Gasteiger partial charge in [0.25, 0.3) is 0 Å². The van der Waals surface area contributed by atoms with Gasteiger partial charge < -0.3 is 38.4 Å². The van der Waals surface area contributed by atoms with Gasteiger partial charge in [0.2, 0.25) is 11.8 Å². The Balaban J connectivity index is 1.26. The van der Waals surface area contributed by atoms with E-state index >= 15 is 14.4 Å². The van der Waals surface area contributed by atoms with Crippen molar-refractivity contribution in [2.45, 2.75) is 68.3 Å². The molecule has 0 saturated carbocycles. The van der Waals surface area contributed by atoms with Crippen LogP contribution < -0.4 is 19.1 Å². The highest BCUT2D eigenvalue weighted by Gasteiger charge is 2.76. The number of allylic oxidation sites excluding steroid dienone is 2. The number of rotatable bonds is 12. The van der Waals surface area contributed by atoms with Gasteiger partial charge in [-0.3, -0.25) is 19.3 Å². The molecular weight excluding hydrogens is 915 g/mol. The Morgan fingerprint density at radius 3 is 2.17 bits per heavy atom. The fourth-order valence-corrected chi connectivity index (χ4v) is 11.5. The number of benzene rings is 5. The summed E-state index contributed by atoms with van der Waals surface area (Å²) in [5.41, 5.74) is 3.95. The van der Waals surface area contributed by atoms with Crippen molar-refractivity contribution in [3.05, 3.63) is 166 Å². The Hall–Kier alpha value is -7.44. The monoisotopic (exact) mass is 971 g/mol. The van der Waals surface area contributed by atoms with Crippen LogP contribution in [0, 0.1) is 17.8 Å². The highest BCUT2D eigenvalue weighted by Crippen LogP contribution is 2.66. The molecule has 0 unspecified atom stereocenters. The van der Waals surface area contributed by atoms with Crippen molar-refractivity contribution < 1.29 is 52.7 Å². The number of aliphatic hydroxyl groups excluding tert-OH is 1. The molecule has 1 spiro atoms. The van der Waals surface area contributed by atoms with Crippen molar-refractivity contribution in [1.29, 1.82) is 0 Å². The molecule has 370 valence electrons. The third-order valence-electron chi connectivity index (χ3n) is 14.7. The minimum atomic E-state index is -2.01. The van der Waals surface area contributed by atoms with Crippen LogP contribution in [-0.4, -0.2) is 99.1 Å². The van der Waals surface area contributed by atoms with Gasteiger partial charge in [0.1, 0.15) is 36.5 Å². The van der Waals surface area contributed by atoms with Gasteiger partial charge in [-0.25, -0.2) is 9.69 Å². The lowest BCUT2D eigenvalue weighted by Gasteiger charge is -2.46. The van der Waals surface area contributed by atoms with Gasteiger partial charge in [-0.15, -0.1) is 0 Å². The molecule has 2 saturated heterocycles. The van der Waals surface area contributed by atoms with Crippen LogP contribution in [0.25, 0.3) is 0 Å². The molecule has 4 aliphatic heterocycles. The van der Waals surface area contributed by atoms with Gasteiger partial charge in [0.05, 0.1) is 51.1 Å². The summed E-state index contributed by atoms with van der Waals surface area (Å²) in [6, 6.07) is 32.0. The predicted molar refractivity (Wildman–Crippen MR) is 266 cm³/mol. The van der Waals surface area contributed by atoms with Gasteiger partial charge in [0, 0.05) is 25.8 Å². The minimum Gasteiger partial charge on any atom is -0.493 e. The molecule has 4 heterocycles. The number of imide groups is 1. The molecule has 1 aliphatic carbocycles. The van der Waals surface area contributed by atoms with Crippen LogP contribution in [0.1, 0.15) is 82.8 Å². The zero-order chi connectivity index (χ0) is 49.9. The number of morpholine rings is 1. The van der Waals surface area contributed by atoms with Crippen LogP contribution >= 0.6 is 0 Å². The summed E-state index contributed by atoms with van der Waals surface area (Å²) in [5.74, 6) is 4.85. The van der Waals surface area contributed by atoms with E-state index in [0.29, 0.717) is 45.9 Å². The molecule has 6 atom stereocenters. The molecule has 0 aromatic heterocycles. The van der Waals surface area contributed by atoms with Gasteiger partial charge in [-0.2, -0.15) is 0 Å². The summed E-state index contributed by atoms with van der Waals surface area (Å²) in [7, 11) is 4.61. The molecule has 5 aromatic carbocycles. The van der Waals surface area contributed by atoms with E-state index < -0.39 is 59.4 Å². The maximum Gasteiger partial charge on any atom is 0.421 e. The van der Waals surface area contributed by atoms with Crippen LogP contribution in [0.5, 0.6) is 17.2 Å². The average molecular weight is 972 g/mol. The lowest BCUT2D eigenvalue weighted by Crippen LogP contribution is -2.57. The molecule has 5 aliphatic rings. The van der Waals surface area contributed by atoms with Crippen molar-refractivity contribution in [1.82, 2.24) is 9.80 Å². The summed E-state index contributed by atoms with van der Waals surface area (Å²) < 4.78 is 34.9. The first-order valence-corrected chi connectivity index (χ1v) is 24.5. The number of anilines is 1. The van der Waals surface area contributed by atoms with E-state index in [-0.39, 0.29) is 45.2 Å². The number of amides is 3. The number of carbonyl (C=O) groups is 4. The van der Waals surface area contributed by atoms with Crippen LogP contribution in [0.3, 0.4) is 0 Å². The summed E-state index contributed by atoms with van der Waals surface area (Å²) in [6.07, 6.45) is 4.63. The molecule has 14 nitrogen and oxygen atoms in total. The molecule has 14 heteroatoms. The van der Waals surface area contributed by atoms with Crippen LogP contribution in [0.4, 0.5) is 10.5 Å². The second-order valence-electron chi connectivity index (χ2n) is 18.6. The summed E-state index contributed by atoms with van der Waals surface area (Å²) in [4.78, 5) is 68.3. The molecular formula is C58H57N3O11. The SMILES string of the molecule is COCCOC(=O)N1C(=O)[C@@]2(c3cc(C#CC4=CCCCC4)ccc31)[C@H](c1ccc(OCCO)cc1)N1[C@H](c3ccccc3)[C@H](c3ccccc3)OC(=O)[C@H]1[C@@H]2C(=O)N1CCc2cc(OC)c(OC)cc2C1. The first-order chi connectivity index (χ1) is 35.2. The standard InChI is InChI=1S/C58H57N3O11/c1-67-31-32-71-57(66)60-46-26-21-38(20-19-37-13-7-4-8-14-37)33-45(46)58(56(60)65)49(54(63)59-28-27-42-34-47(68-2)48(69-3)35-43(42)36-59)51-55(64)72-52(40-17-11-6-12-18-40)50(39-15-9-5-10-16-39)61(51)53(58)41-22-24-44(25-23-41)70-30-29-62/h5-6,9-13,15-18,21-26,33-35,49-53,62H,4,7-8,14,27-32,36H2,1-3H3/t49-,50-,51-,52+,53+,58-/m1/s1. The Labute approximate surface area is 419 Å². The molecule has 3 amide bonds. The second-order valence-corrected chi connectivity index (χ2v) is 18.6. The van der Waals surface area contributed by atoms with E-state index in [4.69, 9.17) is 28.4 Å². The second kappa shape index (κ2) is 20.7. The Morgan fingerprint density at radius 1 is 0.764 bits per heavy atom. The highest BCUT2D eigenvalue weighted by molar-refractivity contribution is 6.23. The molecule has 0 radical (unpaired) electrons. The first kappa shape index (κ1) is 48.2. The van der Waals surface area contributed by atoms with E-state index in [2.05, 4.69) is 17.9 Å². The minimum absolute atomic E-state index is 0.0442. The number of cyclic esters (lactones) is 1. The van der Waals surface area contributed by atoms with E-state index in [1.54, 1.807) is 43.4 Å². The number of fused-ring (bicyclic) bond motifs is 4. The summed E-state index contributed by atoms with van der Waals surface area (Å²) in [5, 5.41) is 9.67. The normalized spacial score (nSPS) is 23.2. The van der Waals surface area contributed by atoms with Crippen molar-refractivity contribution in [2.75, 3.05) is 59.2 Å². The maximum absolute atomic E-state index is 16.7. The average Bonchev–Trinajstić information content (AvgIpc) is 3.88. The number of aliphatic hydroxyl groups is 1. The van der Waals surface area contributed by atoms with Crippen LogP contribution in [0.2, 0.25) is 0 Å². The quantitative estimate of drug-likeness (QED) is 0.0734. The largest absolute Gasteiger partial charge is 0.493 e. The number of hydrogen-bond donors (Lipinski definition) is 1. The number of methoxy groups -OCH3 is 3. The Morgan fingerprint density at radius 2 is 1.49 bits per heavy atom. The van der Waals surface area contributed by atoms with E-state index in [1.165, 1.54) is 7.11 Å². The van der Waals surface area contributed by atoms with Gasteiger partial charge in [-0.05, 0) is 114 Å². The zero-order valence-electron chi connectivity index (χ0n) is 40.6. The third kappa shape index (κ3) is 8.55. The molecule has 72 heavy (non-hydrogen) atoms. The van der Waals surface area contributed by atoms with Gasteiger partial charge in [0.15, 0.2) is 11.5 Å². The smallest absolute Gasteiger partial charge is 0.421 e. The Bertz CT molecular complexity index is 2950. The van der Waals surface area contributed by atoms with Crippen LogP contribution in [0.15, 0.2) is 127 Å². The highest BCUT2D eigenvalue weighted by atomic mass is 16.6. The van der Waals surface area contributed by atoms with Gasteiger partial charge in [-0.1, -0.05) is 90.7 Å². The third-order valence-corrected chi connectivity index (χ3v) is 14.7. The maximum atomic E-state index is 16.7. The Kier molecular flexibility index (Phi) is 13.9. The first-order valence-electron chi connectivity index (χ1n) is 24.5. The molecule has 5 aromatic rings.